The van der Waals surface area contributed by atoms with Crippen molar-refractivity contribution >= 4 is 0 Å². The van der Waals surface area contributed by atoms with Gasteiger partial charge in [0.25, 0.3) is 5.82 Å². The summed E-state index contributed by atoms with van der Waals surface area (Å²) in [6.07, 6.45) is 3.31. The molecule has 3 nitrogen and oxygen atoms in total. The fourth-order valence-electron chi connectivity index (χ4n) is 2.50. The zero-order chi connectivity index (χ0) is 11.3. The Hall–Kier alpha value is -0.830. The van der Waals surface area contributed by atoms with Crippen LogP contribution in [0.2, 0.25) is 0 Å². The summed E-state index contributed by atoms with van der Waals surface area (Å²) < 4.78 is 10.3. The van der Waals surface area contributed by atoms with Gasteiger partial charge in [-0.1, -0.05) is 0 Å². The fourth-order valence-corrected chi connectivity index (χ4v) is 2.50. The molecule has 1 aliphatic carbocycles. The van der Waals surface area contributed by atoms with E-state index in [2.05, 4.69) is 29.9 Å². The van der Waals surface area contributed by atoms with Crippen molar-refractivity contribution < 1.29 is 9.30 Å². The molecule has 1 aromatic rings. The largest absolute Gasteiger partial charge is 0.369 e. The maximum absolute atomic E-state index is 5.33. The highest BCUT2D eigenvalue weighted by atomic mass is 16.6. The van der Waals surface area contributed by atoms with Gasteiger partial charge in [-0.2, -0.15) is 0 Å². The van der Waals surface area contributed by atoms with Crippen LogP contribution >= 0.6 is 0 Å². The van der Waals surface area contributed by atoms with Gasteiger partial charge >= 0.3 is 0 Å². The first kappa shape index (κ1) is 10.3. The van der Waals surface area contributed by atoms with Gasteiger partial charge in [0.1, 0.15) is 24.0 Å². The summed E-state index contributed by atoms with van der Waals surface area (Å²) in [4.78, 5) is 0. The molecular weight excluding hydrogens is 200 g/mol. The Kier molecular flexibility index (Phi) is 2.32. The summed E-state index contributed by atoms with van der Waals surface area (Å²) >= 11 is 0. The van der Waals surface area contributed by atoms with Crippen LogP contribution in [-0.2, 0) is 17.8 Å². The quantitative estimate of drug-likeness (QED) is 0.558. The standard InChI is InChI=1S/C13H21N2O/c1-9-10(2)15(7-13-8-16-13)11(3)14(9)6-12-4-5-12/h12-13H,4-8H2,1-3H3/q+1. The molecule has 1 atom stereocenters. The van der Waals surface area contributed by atoms with Crippen molar-refractivity contribution in [1.29, 1.82) is 0 Å². The molecule has 0 amide bonds. The van der Waals surface area contributed by atoms with Crippen LogP contribution in [0.1, 0.15) is 30.1 Å². The van der Waals surface area contributed by atoms with Crippen molar-refractivity contribution in [2.45, 2.75) is 52.8 Å². The molecule has 1 aromatic heterocycles. The van der Waals surface area contributed by atoms with Crippen molar-refractivity contribution in [3.8, 4) is 0 Å². The lowest BCUT2D eigenvalue weighted by molar-refractivity contribution is -0.711. The molecule has 1 aliphatic heterocycles. The Balaban J connectivity index is 1.89. The molecule has 1 saturated carbocycles. The summed E-state index contributed by atoms with van der Waals surface area (Å²) in [6, 6.07) is 0. The molecule has 3 heteroatoms. The van der Waals surface area contributed by atoms with Crippen LogP contribution in [0.15, 0.2) is 0 Å². The van der Waals surface area contributed by atoms with E-state index in [4.69, 9.17) is 4.74 Å². The summed E-state index contributed by atoms with van der Waals surface area (Å²) in [5.74, 6) is 2.34. The van der Waals surface area contributed by atoms with Gasteiger partial charge < -0.3 is 4.74 Å². The Morgan fingerprint density at radius 2 is 2.00 bits per heavy atom. The minimum atomic E-state index is 0.471. The Morgan fingerprint density at radius 3 is 2.56 bits per heavy atom. The van der Waals surface area contributed by atoms with Gasteiger partial charge in [-0.05, 0) is 18.8 Å². The van der Waals surface area contributed by atoms with Crippen LogP contribution in [-0.4, -0.2) is 17.3 Å². The molecule has 1 unspecified atom stereocenters. The summed E-state index contributed by atoms with van der Waals surface area (Å²) in [7, 11) is 0. The Bertz CT molecular complexity index is 377. The third-order valence-electron chi connectivity index (χ3n) is 4.04. The predicted octanol–water partition coefficient (Wildman–Crippen LogP) is 1.51. The highest BCUT2D eigenvalue weighted by Gasteiger charge is 2.33. The third kappa shape index (κ3) is 1.77. The molecule has 0 bridgehead atoms. The molecule has 1 saturated heterocycles. The molecule has 3 rings (SSSR count). The van der Waals surface area contributed by atoms with Gasteiger partial charge in [0.05, 0.1) is 13.2 Å². The normalized spacial score (nSPS) is 23.8. The topological polar surface area (TPSA) is 21.3 Å². The van der Waals surface area contributed by atoms with Gasteiger partial charge in [0, 0.05) is 20.8 Å². The molecule has 2 aliphatic rings. The summed E-state index contributed by atoms with van der Waals surface area (Å²) in [5, 5.41) is 0. The number of rotatable bonds is 4. The van der Waals surface area contributed by atoms with E-state index in [1.165, 1.54) is 36.6 Å². The summed E-state index contributed by atoms with van der Waals surface area (Å²) in [6.45, 7) is 9.92. The zero-order valence-electron chi connectivity index (χ0n) is 10.5. The number of nitrogens with zero attached hydrogens (tertiary/aromatic N) is 2. The maximum Gasteiger partial charge on any atom is 0.253 e. The molecule has 88 valence electrons. The predicted molar refractivity (Wildman–Crippen MR) is 61.3 cm³/mol. The van der Waals surface area contributed by atoms with Gasteiger partial charge in [0.15, 0.2) is 0 Å². The monoisotopic (exact) mass is 221 g/mol. The number of hydrogen-bond donors (Lipinski definition) is 0. The van der Waals surface area contributed by atoms with Crippen LogP contribution in [0, 0.1) is 26.7 Å². The first-order chi connectivity index (χ1) is 7.66. The molecule has 16 heavy (non-hydrogen) atoms. The summed E-state index contributed by atoms with van der Waals surface area (Å²) in [5.41, 5.74) is 2.85. The molecule has 0 spiro atoms. The first-order valence-corrected chi connectivity index (χ1v) is 6.34. The average molecular weight is 221 g/mol. The number of epoxide rings is 1. The highest BCUT2D eigenvalue weighted by molar-refractivity contribution is 5.07. The number of hydrogen-bond acceptors (Lipinski definition) is 1. The van der Waals surface area contributed by atoms with Crippen LogP contribution in [0.3, 0.4) is 0 Å². The van der Waals surface area contributed by atoms with E-state index < -0.39 is 0 Å². The number of aromatic nitrogens is 2. The average Bonchev–Trinajstić information content (AvgIpc) is 3.12. The Morgan fingerprint density at radius 1 is 1.31 bits per heavy atom. The lowest BCUT2D eigenvalue weighted by atomic mass is 10.3. The third-order valence-corrected chi connectivity index (χ3v) is 4.04. The van der Waals surface area contributed by atoms with Crippen molar-refractivity contribution in [2.75, 3.05) is 6.61 Å². The zero-order valence-corrected chi connectivity index (χ0v) is 10.5. The van der Waals surface area contributed by atoms with Crippen molar-refractivity contribution in [3.05, 3.63) is 17.2 Å². The van der Waals surface area contributed by atoms with E-state index in [0.29, 0.717) is 6.10 Å². The van der Waals surface area contributed by atoms with Gasteiger partial charge in [0.2, 0.25) is 0 Å². The molecule has 0 N–H and O–H groups in total. The lowest BCUT2D eigenvalue weighted by Gasteiger charge is -1.99. The van der Waals surface area contributed by atoms with E-state index in [9.17, 15) is 0 Å². The van der Waals surface area contributed by atoms with E-state index in [-0.39, 0.29) is 0 Å². The van der Waals surface area contributed by atoms with Gasteiger partial charge in [-0.25, -0.2) is 9.13 Å². The second-order valence-corrected chi connectivity index (χ2v) is 5.34. The van der Waals surface area contributed by atoms with Crippen LogP contribution < -0.4 is 4.57 Å². The van der Waals surface area contributed by atoms with E-state index in [0.717, 1.165) is 19.1 Å². The number of imidazole rings is 1. The second-order valence-electron chi connectivity index (χ2n) is 5.34. The Labute approximate surface area is 97.0 Å². The van der Waals surface area contributed by atoms with Crippen LogP contribution in [0.25, 0.3) is 0 Å². The molecular formula is C13H21N2O+. The molecule has 2 fully saturated rings. The van der Waals surface area contributed by atoms with Crippen molar-refractivity contribution in [2.24, 2.45) is 5.92 Å². The highest BCUT2D eigenvalue weighted by Crippen LogP contribution is 2.29. The molecule has 0 aromatic carbocycles. The van der Waals surface area contributed by atoms with E-state index >= 15 is 0 Å². The molecule has 2 heterocycles. The molecule has 0 radical (unpaired) electrons. The minimum Gasteiger partial charge on any atom is -0.369 e. The minimum absolute atomic E-state index is 0.471. The second kappa shape index (κ2) is 3.59. The van der Waals surface area contributed by atoms with Gasteiger partial charge in [-0.15, -0.1) is 0 Å². The van der Waals surface area contributed by atoms with Crippen LogP contribution in [0.5, 0.6) is 0 Å². The fraction of sp³-hybridized carbons (Fsp3) is 0.769. The lowest BCUT2D eigenvalue weighted by Crippen LogP contribution is -2.39. The van der Waals surface area contributed by atoms with Gasteiger partial charge in [-0.3, -0.25) is 0 Å². The van der Waals surface area contributed by atoms with E-state index in [1.807, 2.05) is 0 Å². The SMILES string of the molecule is Cc1c(C)[n+](CC2CC2)c(C)n1CC1CO1. The first-order valence-electron chi connectivity index (χ1n) is 6.34. The van der Waals surface area contributed by atoms with Crippen molar-refractivity contribution in [1.82, 2.24) is 4.57 Å². The van der Waals surface area contributed by atoms with Crippen LogP contribution in [0.4, 0.5) is 0 Å². The van der Waals surface area contributed by atoms with Crippen molar-refractivity contribution in [3.63, 3.8) is 0 Å². The maximum atomic E-state index is 5.33. The smallest absolute Gasteiger partial charge is 0.253 e. The number of ether oxygens (including phenoxy) is 1. The van der Waals surface area contributed by atoms with E-state index in [1.54, 1.807) is 0 Å².